The molecule has 56 heavy (non-hydrogen) atoms. The van der Waals surface area contributed by atoms with Crippen LogP contribution in [-0.2, 0) is 41.6 Å². The second-order valence-corrected chi connectivity index (χ2v) is 18.2. The summed E-state index contributed by atoms with van der Waals surface area (Å²) in [6, 6.07) is 8.99. The summed E-state index contributed by atoms with van der Waals surface area (Å²) in [6.45, 7) is 11.9. The number of phenols is 2. The fraction of sp³-hybridized carbons (Fsp3) is 0.526. The molecule has 0 unspecified atom stereocenters. The van der Waals surface area contributed by atoms with Crippen LogP contribution in [0.3, 0.4) is 0 Å². The normalized spacial score (nSPS) is 21.9. The molecular formula is C38H54N8O8S2. The van der Waals surface area contributed by atoms with Crippen LogP contribution in [0.15, 0.2) is 48.5 Å². The lowest BCUT2D eigenvalue weighted by Crippen LogP contribution is -2.59. The first kappa shape index (κ1) is 44.2. The van der Waals surface area contributed by atoms with Gasteiger partial charge in [-0.05, 0) is 76.9 Å². The zero-order chi connectivity index (χ0) is 41.2. The molecule has 2 fully saturated rings. The van der Waals surface area contributed by atoms with Gasteiger partial charge in [-0.3, -0.25) is 39.4 Å². The number of likely N-dealkylation sites (N-methyl/N-ethyl adjacent to an activating group) is 2. The zero-order valence-electron chi connectivity index (χ0n) is 32.5. The van der Waals surface area contributed by atoms with Gasteiger partial charge in [0, 0.05) is 35.7 Å². The molecule has 18 heteroatoms. The van der Waals surface area contributed by atoms with Crippen molar-refractivity contribution in [2.24, 2.45) is 0 Å². The Morgan fingerprint density at radius 3 is 1.27 bits per heavy atom. The fourth-order valence-electron chi connectivity index (χ4n) is 6.45. The van der Waals surface area contributed by atoms with Crippen LogP contribution in [0.25, 0.3) is 0 Å². The van der Waals surface area contributed by atoms with E-state index in [4.69, 9.17) is 0 Å². The van der Waals surface area contributed by atoms with E-state index < -0.39 is 68.0 Å². The van der Waals surface area contributed by atoms with E-state index in [0.29, 0.717) is 24.2 Å². The summed E-state index contributed by atoms with van der Waals surface area (Å²) in [5, 5.41) is 41.2. The number of rotatable bonds is 17. The Bertz CT molecular complexity index is 1600. The first-order valence-corrected chi connectivity index (χ1v) is 20.3. The lowest BCUT2D eigenvalue weighted by Gasteiger charge is -2.25. The molecule has 4 rings (SSSR count). The van der Waals surface area contributed by atoms with E-state index in [9.17, 15) is 39.0 Å². The average Bonchev–Trinajstić information content (AvgIpc) is 3.63. The Morgan fingerprint density at radius 2 is 0.946 bits per heavy atom. The molecule has 6 atom stereocenters. The zero-order valence-corrected chi connectivity index (χ0v) is 34.1. The maximum Gasteiger partial charge on any atom is 0.245 e. The third-order valence-electron chi connectivity index (χ3n) is 9.27. The molecule has 0 aliphatic carbocycles. The van der Waals surface area contributed by atoms with Crippen molar-refractivity contribution < 1.29 is 39.0 Å². The third kappa shape index (κ3) is 12.0. The van der Waals surface area contributed by atoms with Crippen molar-refractivity contribution in [3.63, 3.8) is 0 Å². The first-order chi connectivity index (χ1) is 26.4. The number of carbonyl (C=O) groups is 6. The van der Waals surface area contributed by atoms with Gasteiger partial charge in [-0.15, -0.1) is 23.5 Å². The van der Waals surface area contributed by atoms with Gasteiger partial charge in [0.05, 0.1) is 23.6 Å². The molecule has 16 nitrogen and oxygen atoms in total. The summed E-state index contributed by atoms with van der Waals surface area (Å²) in [5.74, 6) is -2.10. The minimum Gasteiger partial charge on any atom is -0.508 e. The quantitative estimate of drug-likeness (QED) is 0.0949. The first-order valence-electron chi connectivity index (χ1n) is 18.6. The molecule has 2 saturated heterocycles. The number of hydrogen-bond acceptors (Lipinski definition) is 12. The second-order valence-electron chi connectivity index (χ2n) is 14.6. The largest absolute Gasteiger partial charge is 0.508 e. The average molecular weight is 815 g/mol. The number of hydrogen-bond donors (Lipinski definition) is 10. The van der Waals surface area contributed by atoms with E-state index >= 15 is 0 Å². The SMILES string of the molecule is CCNC(=O)[C@@H](NC(=O)Cc1ccc(O)cc1)[C@@H]1N[C@@H](C(=O)NCCNC(=O)[C@@H]2N[C@@H]([C@H](NC(=O)Cc3ccc(O)cc3)C(=O)NCC)SC2(C)C)C(C)(C)S1. The summed E-state index contributed by atoms with van der Waals surface area (Å²) in [6.07, 6.45) is -0.0141. The number of nitrogens with one attached hydrogen (secondary N) is 8. The monoisotopic (exact) mass is 814 g/mol. The number of amides is 6. The highest BCUT2D eigenvalue weighted by Gasteiger charge is 2.50. The van der Waals surface area contributed by atoms with Crippen LogP contribution in [0.5, 0.6) is 11.5 Å². The predicted octanol–water partition coefficient (Wildman–Crippen LogP) is -0.0234. The van der Waals surface area contributed by atoms with Crippen molar-refractivity contribution in [1.82, 2.24) is 42.5 Å². The van der Waals surface area contributed by atoms with Gasteiger partial charge in [0.25, 0.3) is 0 Å². The molecule has 306 valence electrons. The second kappa shape index (κ2) is 19.6. The van der Waals surface area contributed by atoms with Gasteiger partial charge < -0.3 is 42.1 Å². The molecule has 2 aliphatic rings. The van der Waals surface area contributed by atoms with Crippen LogP contribution < -0.4 is 42.5 Å². The molecular weight excluding hydrogens is 761 g/mol. The van der Waals surface area contributed by atoms with Crippen molar-refractivity contribution in [3.8, 4) is 11.5 Å². The Morgan fingerprint density at radius 1 is 0.607 bits per heavy atom. The number of phenolic OH excluding ortho intramolecular Hbond substituents is 2. The van der Waals surface area contributed by atoms with Crippen molar-refractivity contribution in [2.75, 3.05) is 26.2 Å². The molecule has 10 N–H and O–H groups in total. The van der Waals surface area contributed by atoms with E-state index in [1.807, 2.05) is 27.7 Å². The molecule has 0 aromatic heterocycles. The van der Waals surface area contributed by atoms with Crippen LogP contribution in [-0.4, -0.2) is 116 Å². The molecule has 6 amide bonds. The lowest BCUT2D eigenvalue weighted by molar-refractivity contribution is -0.129. The maximum atomic E-state index is 13.5. The maximum absolute atomic E-state index is 13.5. The van der Waals surface area contributed by atoms with E-state index in [0.717, 1.165) is 0 Å². The highest BCUT2D eigenvalue weighted by molar-refractivity contribution is 8.01. The topological polar surface area (TPSA) is 239 Å². The van der Waals surface area contributed by atoms with Gasteiger partial charge in [0.2, 0.25) is 35.4 Å². The fourth-order valence-corrected chi connectivity index (χ4v) is 9.44. The minimum atomic E-state index is -0.981. The highest BCUT2D eigenvalue weighted by atomic mass is 32.2. The van der Waals surface area contributed by atoms with Gasteiger partial charge in [-0.2, -0.15) is 0 Å². The van der Waals surface area contributed by atoms with Crippen LogP contribution in [0.4, 0.5) is 0 Å². The molecule has 2 heterocycles. The minimum absolute atomic E-state index is 0.00703. The molecule has 0 radical (unpaired) electrons. The summed E-state index contributed by atoms with van der Waals surface area (Å²) >= 11 is 2.73. The standard InChI is InChI=1S/C38H54N8O8S2/c1-7-39-31(51)27(43-25(49)19-21-9-13-23(47)14-10-21)35-45-29(37(3,4)55-35)33(53)41-17-18-42-34(54)30-38(5,6)56-36(46-30)28(32(52)40-8-2)44-26(50)20-22-11-15-24(48)16-12-22/h9-16,27-30,35-36,45-48H,7-8,17-20H2,1-6H3,(H,39,51)(H,40,52)(H,41,53)(H,42,54)(H,43,49)(H,44,50)/t27-,28-,29+,30+,35-,36-/m1/s1. The molecule has 0 saturated carbocycles. The van der Waals surface area contributed by atoms with Crippen LogP contribution >= 0.6 is 23.5 Å². The van der Waals surface area contributed by atoms with Gasteiger partial charge in [0.1, 0.15) is 35.7 Å². The van der Waals surface area contributed by atoms with Crippen molar-refractivity contribution in [1.29, 1.82) is 0 Å². The van der Waals surface area contributed by atoms with Crippen molar-refractivity contribution in [2.45, 2.75) is 98.8 Å². The smallest absolute Gasteiger partial charge is 0.245 e. The Hall–Kier alpha value is -4.52. The van der Waals surface area contributed by atoms with Crippen LogP contribution in [0.1, 0.15) is 52.7 Å². The summed E-state index contributed by atoms with van der Waals surface area (Å²) in [4.78, 5) is 79.1. The molecule has 2 aromatic carbocycles. The number of aromatic hydroxyl groups is 2. The van der Waals surface area contributed by atoms with E-state index in [2.05, 4.69) is 42.5 Å². The van der Waals surface area contributed by atoms with Gasteiger partial charge in [0.15, 0.2) is 0 Å². The van der Waals surface area contributed by atoms with Gasteiger partial charge in [-0.1, -0.05) is 24.3 Å². The number of carbonyl (C=O) groups excluding carboxylic acids is 6. The number of benzene rings is 2. The highest BCUT2D eigenvalue weighted by Crippen LogP contribution is 2.40. The van der Waals surface area contributed by atoms with Crippen LogP contribution in [0.2, 0.25) is 0 Å². The van der Waals surface area contributed by atoms with Crippen molar-refractivity contribution >= 4 is 59.0 Å². The Balaban J connectivity index is 1.31. The Labute approximate surface area is 335 Å². The van der Waals surface area contributed by atoms with E-state index in [1.165, 1.54) is 47.8 Å². The predicted molar refractivity (Wildman–Crippen MR) is 216 cm³/mol. The summed E-state index contributed by atoms with van der Waals surface area (Å²) < 4.78 is -1.34. The molecule has 0 spiro atoms. The van der Waals surface area contributed by atoms with Crippen molar-refractivity contribution in [3.05, 3.63) is 59.7 Å². The summed E-state index contributed by atoms with van der Waals surface area (Å²) in [7, 11) is 0. The molecule has 2 aromatic rings. The molecule has 0 bridgehead atoms. The van der Waals surface area contributed by atoms with E-state index in [-0.39, 0.29) is 49.2 Å². The summed E-state index contributed by atoms with van der Waals surface area (Å²) in [5.41, 5.74) is 1.32. The van der Waals surface area contributed by atoms with Gasteiger partial charge in [-0.25, -0.2) is 0 Å². The number of thioether (sulfide) groups is 2. The lowest BCUT2D eigenvalue weighted by atomic mass is 10.0. The van der Waals surface area contributed by atoms with Gasteiger partial charge >= 0.3 is 0 Å². The third-order valence-corrected chi connectivity index (χ3v) is 12.3. The van der Waals surface area contributed by atoms with Crippen LogP contribution in [0, 0.1) is 0 Å². The van der Waals surface area contributed by atoms with E-state index in [1.54, 1.807) is 38.1 Å². The molecule has 2 aliphatic heterocycles. The Kier molecular flexibility index (Phi) is 15.4.